The van der Waals surface area contributed by atoms with Crippen LogP contribution in [0.25, 0.3) is 0 Å². The predicted molar refractivity (Wildman–Crippen MR) is 97.4 cm³/mol. The number of hydrogen-bond donors (Lipinski definition) is 2. The third kappa shape index (κ3) is 5.39. The summed E-state index contributed by atoms with van der Waals surface area (Å²) in [5, 5.41) is 5.61. The summed E-state index contributed by atoms with van der Waals surface area (Å²) in [7, 11) is 3.22. The molecule has 0 radical (unpaired) electrons. The van der Waals surface area contributed by atoms with Crippen molar-refractivity contribution in [3.63, 3.8) is 0 Å². The Morgan fingerprint density at radius 2 is 1.92 bits per heavy atom. The van der Waals surface area contributed by atoms with E-state index in [1.54, 1.807) is 20.3 Å². The van der Waals surface area contributed by atoms with Gasteiger partial charge in [0.15, 0.2) is 0 Å². The normalized spacial score (nSPS) is 11.5. The van der Waals surface area contributed by atoms with Gasteiger partial charge in [-0.1, -0.05) is 24.3 Å². The quantitative estimate of drug-likeness (QED) is 0.768. The van der Waals surface area contributed by atoms with Crippen molar-refractivity contribution < 1.29 is 19.0 Å². The van der Waals surface area contributed by atoms with Crippen molar-refractivity contribution in [2.45, 2.75) is 13.0 Å². The number of amides is 2. The van der Waals surface area contributed by atoms with Crippen LogP contribution >= 0.6 is 0 Å². The maximum Gasteiger partial charge on any atom is 0.319 e. The van der Waals surface area contributed by atoms with Crippen LogP contribution in [-0.2, 0) is 4.74 Å². The molecule has 2 aromatic rings. The largest absolute Gasteiger partial charge is 0.497 e. The molecule has 1 atom stereocenters. The Bertz CT molecular complexity index is 691. The molecule has 134 valence electrons. The Balaban J connectivity index is 1.96. The summed E-state index contributed by atoms with van der Waals surface area (Å²) in [4.78, 5) is 12.2. The molecular weight excluding hydrogens is 320 g/mol. The van der Waals surface area contributed by atoms with Gasteiger partial charge in [-0.3, -0.25) is 0 Å². The third-order valence-corrected chi connectivity index (χ3v) is 3.63. The number of rotatable bonds is 8. The zero-order valence-corrected chi connectivity index (χ0v) is 14.7. The van der Waals surface area contributed by atoms with E-state index in [0.29, 0.717) is 24.6 Å². The molecular formula is C19H24N2O4. The lowest BCUT2D eigenvalue weighted by Crippen LogP contribution is -2.33. The van der Waals surface area contributed by atoms with E-state index in [1.165, 1.54) is 0 Å². The number of methoxy groups -OCH3 is 2. The Kier molecular flexibility index (Phi) is 7.10. The SMILES string of the molecule is CCOc1ccccc1NC(=O)NCC(OC)c1cccc(OC)c1. The molecule has 2 N–H and O–H groups in total. The molecule has 2 amide bonds. The Hall–Kier alpha value is -2.73. The molecule has 6 heteroatoms. The Morgan fingerprint density at radius 3 is 2.64 bits per heavy atom. The Morgan fingerprint density at radius 1 is 1.12 bits per heavy atom. The fourth-order valence-corrected chi connectivity index (χ4v) is 2.38. The number of hydrogen-bond acceptors (Lipinski definition) is 4. The summed E-state index contributed by atoms with van der Waals surface area (Å²) in [6.45, 7) is 2.75. The van der Waals surface area contributed by atoms with Gasteiger partial charge in [-0.05, 0) is 36.8 Å². The molecule has 0 saturated carbocycles. The van der Waals surface area contributed by atoms with Crippen LogP contribution in [0.5, 0.6) is 11.5 Å². The van der Waals surface area contributed by atoms with Crippen molar-refractivity contribution in [3.05, 3.63) is 54.1 Å². The number of nitrogens with one attached hydrogen (secondary N) is 2. The average Bonchev–Trinajstić information content (AvgIpc) is 2.64. The molecule has 0 aliphatic heterocycles. The maximum atomic E-state index is 12.2. The first-order valence-electron chi connectivity index (χ1n) is 8.11. The molecule has 6 nitrogen and oxygen atoms in total. The third-order valence-electron chi connectivity index (χ3n) is 3.63. The van der Waals surface area contributed by atoms with Crippen molar-refractivity contribution >= 4 is 11.7 Å². The first-order chi connectivity index (χ1) is 12.2. The molecule has 2 rings (SSSR count). The van der Waals surface area contributed by atoms with Crippen LogP contribution in [0.2, 0.25) is 0 Å². The number of para-hydroxylation sites is 2. The summed E-state index contributed by atoms with van der Waals surface area (Å²) < 4.78 is 16.2. The second-order valence-electron chi connectivity index (χ2n) is 5.27. The predicted octanol–water partition coefficient (Wildman–Crippen LogP) is 3.60. The molecule has 0 aromatic heterocycles. The molecule has 0 heterocycles. The molecule has 0 spiro atoms. The topological polar surface area (TPSA) is 68.8 Å². The van der Waals surface area contributed by atoms with Crippen LogP contribution in [0, 0.1) is 0 Å². The van der Waals surface area contributed by atoms with Crippen LogP contribution in [0.3, 0.4) is 0 Å². The molecule has 0 aliphatic carbocycles. The van der Waals surface area contributed by atoms with Crippen molar-refractivity contribution in [2.24, 2.45) is 0 Å². The van der Waals surface area contributed by atoms with Gasteiger partial charge in [0.1, 0.15) is 11.5 Å². The second-order valence-corrected chi connectivity index (χ2v) is 5.27. The van der Waals surface area contributed by atoms with Crippen molar-refractivity contribution in [1.29, 1.82) is 0 Å². The van der Waals surface area contributed by atoms with Gasteiger partial charge < -0.3 is 24.8 Å². The van der Waals surface area contributed by atoms with E-state index in [9.17, 15) is 4.79 Å². The van der Waals surface area contributed by atoms with Gasteiger partial charge in [0.05, 0.1) is 25.5 Å². The lowest BCUT2D eigenvalue weighted by molar-refractivity contribution is 0.104. The van der Waals surface area contributed by atoms with E-state index in [-0.39, 0.29) is 12.1 Å². The van der Waals surface area contributed by atoms with Crippen LogP contribution in [0.15, 0.2) is 48.5 Å². The highest BCUT2D eigenvalue weighted by atomic mass is 16.5. The van der Waals surface area contributed by atoms with Crippen molar-refractivity contribution in [2.75, 3.05) is 32.7 Å². The van der Waals surface area contributed by atoms with E-state index >= 15 is 0 Å². The minimum atomic E-state index is -0.322. The van der Waals surface area contributed by atoms with Crippen molar-refractivity contribution in [1.82, 2.24) is 5.32 Å². The van der Waals surface area contributed by atoms with E-state index in [2.05, 4.69) is 10.6 Å². The minimum absolute atomic E-state index is 0.275. The average molecular weight is 344 g/mol. The van der Waals surface area contributed by atoms with Gasteiger partial charge in [0.25, 0.3) is 0 Å². The first-order valence-corrected chi connectivity index (χ1v) is 8.11. The second kappa shape index (κ2) is 9.54. The number of ether oxygens (including phenoxy) is 3. The minimum Gasteiger partial charge on any atom is -0.497 e. The summed E-state index contributed by atoms with van der Waals surface area (Å²) >= 11 is 0. The highest BCUT2D eigenvalue weighted by Gasteiger charge is 2.14. The summed E-state index contributed by atoms with van der Waals surface area (Å²) in [6.07, 6.45) is -0.275. The van der Waals surface area contributed by atoms with E-state index < -0.39 is 0 Å². The number of benzene rings is 2. The van der Waals surface area contributed by atoms with Gasteiger partial charge in [0, 0.05) is 13.7 Å². The summed E-state index contributed by atoms with van der Waals surface area (Å²) in [5.74, 6) is 1.38. The number of urea groups is 1. The van der Waals surface area contributed by atoms with Gasteiger partial charge in [-0.15, -0.1) is 0 Å². The molecule has 0 saturated heterocycles. The fraction of sp³-hybridized carbons (Fsp3) is 0.316. The Labute approximate surface area is 148 Å². The molecule has 0 aliphatic rings. The molecule has 0 bridgehead atoms. The maximum absolute atomic E-state index is 12.2. The molecule has 25 heavy (non-hydrogen) atoms. The summed E-state index contributed by atoms with van der Waals surface area (Å²) in [6, 6.07) is 14.5. The zero-order chi connectivity index (χ0) is 18.1. The van der Waals surface area contributed by atoms with Crippen LogP contribution in [0.4, 0.5) is 10.5 Å². The highest BCUT2D eigenvalue weighted by Crippen LogP contribution is 2.24. The first kappa shape index (κ1) is 18.6. The van der Waals surface area contributed by atoms with Crippen LogP contribution in [0.1, 0.15) is 18.6 Å². The smallest absolute Gasteiger partial charge is 0.319 e. The number of anilines is 1. The van der Waals surface area contributed by atoms with Gasteiger partial charge in [-0.2, -0.15) is 0 Å². The van der Waals surface area contributed by atoms with E-state index in [1.807, 2.05) is 49.4 Å². The van der Waals surface area contributed by atoms with E-state index in [0.717, 1.165) is 11.3 Å². The molecule has 2 aromatic carbocycles. The lowest BCUT2D eigenvalue weighted by atomic mass is 10.1. The molecule has 1 unspecified atom stereocenters. The number of carbonyl (C=O) groups excluding carboxylic acids is 1. The van der Waals surface area contributed by atoms with Crippen molar-refractivity contribution in [3.8, 4) is 11.5 Å². The molecule has 0 fully saturated rings. The van der Waals surface area contributed by atoms with Crippen LogP contribution < -0.4 is 20.1 Å². The zero-order valence-electron chi connectivity index (χ0n) is 14.7. The monoisotopic (exact) mass is 344 g/mol. The fourth-order valence-electron chi connectivity index (χ4n) is 2.38. The van der Waals surface area contributed by atoms with Gasteiger partial charge >= 0.3 is 6.03 Å². The summed E-state index contributed by atoms with van der Waals surface area (Å²) in [5.41, 5.74) is 1.55. The standard InChI is InChI=1S/C19H24N2O4/c1-4-25-17-11-6-5-10-16(17)21-19(22)20-13-18(24-3)14-8-7-9-15(12-14)23-2/h5-12,18H,4,13H2,1-3H3,(H2,20,21,22). The number of carbonyl (C=O) groups is 1. The van der Waals surface area contributed by atoms with Gasteiger partial charge in [-0.25, -0.2) is 4.79 Å². The van der Waals surface area contributed by atoms with E-state index in [4.69, 9.17) is 14.2 Å². The van der Waals surface area contributed by atoms with Crippen LogP contribution in [-0.4, -0.2) is 33.4 Å². The highest BCUT2D eigenvalue weighted by molar-refractivity contribution is 5.90. The lowest BCUT2D eigenvalue weighted by Gasteiger charge is -2.18. The van der Waals surface area contributed by atoms with Gasteiger partial charge in [0.2, 0.25) is 0 Å².